The molecule has 0 aliphatic heterocycles. The summed E-state index contributed by atoms with van der Waals surface area (Å²) in [5.74, 6) is -1.99. The fourth-order valence-electron chi connectivity index (χ4n) is 0.607. The molecule has 0 saturated heterocycles. The Morgan fingerprint density at radius 2 is 2.29 bits per heavy atom. The number of hydrogen-bond donors (Lipinski definition) is 2. The Morgan fingerprint density at radius 1 is 1.57 bits per heavy atom. The van der Waals surface area contributed by atoms with Gasteiger partial charge in [0.15, 0.2) is 0 Å². The third-order valence-corrected chi connectivity index (χ3v) is 2.73. The fraction of sp³-hybridized carbons (Fsp3) is 0. The SMILES string of the molecule is NC(=O)C(=O)N/N=C\c1ccc(Br)s1. The lowest BCUT2D eigenvalue weighted by Crippen LogP contribution is -2.32. The van der Waals surface area contributed by atoms with Crippen molar-refractivity contribution in [3.8, 4) is 0 Å². The molecule has 0 fully saturated rings. The maximum absolute atomic E-state index is 10.6. The van der Waals surface area contributed by atoms with Gasteiger partial charge in [0.05, 0.1) is 10.0 Å². The molecule has 1 heterocycles. The molecule has 0 unspecified atom stereocenters. The van der Waals surface area contributed by atoms with Crippen LogP contribution in [0.4, 0.5) is 0 Å². The molecule has 74 valence electrons. The van der Waals surface area contributed by atoms with Crippen LogP contribution in [0.1, 0.15) is 4.88 Å². The smallest absolute Gasteiger partial charge is 0.329 e. The van der Waals surface area contributed by atoms with E-state index in [0.29, 0.717) is 0 Å². The standard InChI is InChI=1S/C7H6BrN3O2S/c8-5-2-1-4(14-5)3-10-11-7(13)6(9)12/h1-3H,(H2,9,12)(H,11,13)/b10-3-. The number of carbonyl (C=O) groups is 2. The van der Waals surface area contributed by atoms with Gasteiger partial charge in [-0.3, -0.25) is 9.59 Å². The van der Waals surface area contributed by atoms with Gasteiger partial charge < -0.3 is 5.73 Å². The van der Waals surface area contributed by atoms with Crippen molar-refractivity contribution in [3.63, 3.8) is 0 Å². The molecule has 0 aromatic carbocycles. The Balaban J connectivity index is 2.49. The third-order valence-electron chi connectivity index (χ3n) is 1.18. The number of rotatable bonds is 2. The predicted octanol–water partition coefficient (Wildman–Crippen LogP) is 0.446. The summed E-state index contributed by atoms with van der Waals surface area (Å²) < 4.78 is 0.958. The minimum Gasteiger partial charge on any atom is -0.361 e. The van der Waals surface area contributed by atoms with E-state index in [1.807, 2.05) is 17.6 Å². The molecular weight excluding hydrogens is 270 g/mol. The van der Waals surface area contributed by atoms with Gasteiger partial charge in [-0.2, -0.15) is 5.10 Å². The van der Waals surface area contributed by atoms with Crippen molar-refractivity contribution in [1.82, 2.24) is 5.43 Å². The molecule has 1 rings (SSSR count). The van der Waals surface area contributed by atoms with Crippen molar-refractivity contribution in [2.45, 2.75) is 0 Å². The highest BCUT2D eigenvalue weighted by Crippen LogP contribution is 2.20. The molecule has 3 N–H and O–H groups in total. The molecule has 7 heteroatoms. The van der Waals surface area contributed by atoms with E-state index in [1.54, 1.807) is 0 Å². The summed E-state index contributed by atoms with van der Waals surface area (Å²) in [6, 6.07) is 3.66. The van der Waals surface area contributed by atoms with Gasteiger partial charge in [-0.05, 0) is 28.1 Å². The lowest BCUT2D eigenvalue weighted by atomic mass is 10.5. The van der Waals surface area contributed by atoms with E-state index < -0.39 is 11.8 Å². The zero-order chi connectivity index (χ0) is 10.6. The van der Waals surface area contributed by atoms with Crippen molar-refractivity contribution in [2.75, 3.05) is 0 Å². The molecule has 1 aromatic rings. The van der Waals surface area contributed by atoms with Gasteiger partial charge in [-0.15, -0.1) is 11.3 Å². The van der Waals surface area contributed by atoms with Crippen LogP contribution in [0.3, 0.4) is 0 Å². The molecule has 0 aliphatic rings. The number of primary amides is 1. The molecule has 0 radical (unpaired) electrons. The number of hydrazone groups is 1. The van der Waals surface area contributed by atoms with Crippen molar-refractivity contribution in [2.24, 2.45) is 10.8 Å². The number of hydrogen-bond acceptors (Lipinski definition) is 4. The van der Waals surface area contributed by atoms with E-state index in [0.717, 1.165) is 8.66 Å². The van der Waals surface area contributed by atoms with E-state index in [1.165, 1.54) is 17.6 Å². The van der Waals surface area contributed by atoms with Gasteiger partial charge in [0, 0.05) is 4.88 Å². The third kappa shape index (κ3) is 3.27. The summed E-state index contributed by atoms with van der Waals surface area (Å²) in [7, 11) is 0. The van der Waals surface area contributed by atoms with E-state index in [9.17, 15) is 9.59 Å². The van der Waals surface area contributed by atoms with Crippen LogP contribution in [0, 0.1) is 0 Å². The molecule has 5 nitrogen and oxygen atoms in total. The minimum absolute atomic E-state index is 0.849. The molecule has 1 aromatic heterocycles. The normalized spacial score (nSPS) is 10.4. The maximum atomic E-state index is 10.6. The van der Waals surface area contributed by atoms with Crippen LogP contribution in [0.5, 0.6) is 0 Å². The van der Waals surface area contributed by atoms with E-state index in [-0.39, 0.29) is 0 Å². The molecule has 0 spiro atoms. The minimum atomic E-state index is -1.06. The van der Waals surface area contributed by atoms with Crippen LogP contribution in [-0.2, 0) is 9.59 Å². The summed E-state index contributed by atoms with van der Waals surface area (Å²) in [6.07, 6.45) is 1.43. The Hall–Kier alpha value is -1.21. The molecule has 0 bridgehead atoms. The number of amides is 2. The van der Waals surface area contributed by atoms with Crippen molar-refractivity contribution >= 4 is 45.3 Å². The first-order valence-electron chi connectivity index (χ1n) is 3.48. The Morgan fingerprint density at radius 3 is 2.79 bits per heavy atom. The highest BCUT2D eigenvalue weighted by molar-refractivity contribution is 9.11. The van der Waals surface area contributed by atoms with Crippen molar-refractivity contribution < 1.29 is 9.59 Å². The Kier molecular flexibility index (Phi) is 3.78. The second-order valence-electron chi connectivity index (χ2n) is 2.21. The first kappa shape index (κ1) is 10.9. The second-order valence-corrected chi connectivity index (χ2v) is 4.70. The largest absolute Gasteiger partial charge is 0.361 e. The summed E-state index contributed by atoms with van der Waals surface area (Å²) in [4.78, 5) is 21.8. The van der Waals surface area contributed by atoms with E-state index >= 15 is 0 Å². The summed E-state index contributed by atoms with van der Waals surface area (Å²) >= 11 is 4.72. The lowest BCUT2D eigenvalue weighted by molar-refractivity contribution is -0.137. The van der Waals surface area contributed by atoms with Crippen LogP contribution in [0.15, 0.2) is 21.0 Å². The van der Waals surface area contributed by atoms with Crippen LogP contribution in [-0.4, -0.2) is 18.0 Å². The molecule has 14 heavy (non-hydrogen) atoms. The van der Waals surface area contributed by atoms with Crippen LogP contribution in [0.2, 0.25) is 0 Å². The predicted molar refractivity (Wildman–Crippen MR) is 57.0 cm³/mol. The van der Waals surface area contributed by atoms with Gasteiger partial charge in [-0.25, -0.2) is 5.43 Å². The summed E-state index contributed by atoms with van der Waals surface area (Å²) in [5.41, 5.74) is 6.68. The van der Waals surface area contributed by atoms with Gasteiger partial charge in [0.2, 0.25) is 0 Å². The monoisotopic (exact) mass is 275 g/mol. The first-order chi connectivity index (χ1) is 6.59. The average molecular weight is 276 g/mol. The average Bonchev–Trinajstić information content (AvgIpc) is 2.51. The first-order valence-corrected chi connectivity index (χ1v) is 5.08. The fourth-order valence-corrected chi connectivity index (χ4v) is 1.90. The lowest BCUT2D eigenvalue weighted by Gasteiger charge is -1.91. The van der Waals surface area contributed by atoms with Crippen molar-refractivity contribution in [1.29, 1.82) is 0 Å². The second kappa shape index (κ2) is 4.87. The number of nitrogens with two attached hydrogens (primary N) is 1. The van der Waals surface area contributed by atoms with Gasteiger partial charge >= 0.3 is 11.8 Å². The van der Waals surface area contributed by atoms with E-state index in [4.69, 9.17) is 0 Å². The van der Waals surface area contributed by atoms with Crippen LogP contribution >= 0.6 is 27.3 Å². The maximum Gasteiger partial charge on any atom is 0.329 e. The number of nitrogens with one attached hydrogen (secondary N) is 1. The Labute approximate surface area is 92.1 Å². The topological polar surface area (TPSA) is 84.5 Å². The molecule has 0 atom stereocenters. The van der Waals surface area contributed by atoms with Gasteiger partial charge in [0.25, 0.3) is 0 Å². The number of carbonyl (C=O) groups excluding carboxylic acids is 2. The molecular formula is C7H6BrN3O2S. The number of halogens is 1. The molecule has 2 amide bonds. The summed E-state index contributed by atoms with van der Waals surface area (Å²) in [6.45, 7) is 0. The Bertz CT molecular complexity index is 388. The zero-order valence-corrected chi connectivity index (χ0v) is 9.26. The molecule has 0 aliphatic carbocycles. The number of thiophene rings is 1. The summed E-state index contributed by atoms with van der Waals surface area (Å²) in [5, 5.41) is 3.54. The highest BCUT2D eigenvalue weighted by atomic mass is 79.9. The molecule has 0 saturated carbocycles. The quantitative estimate of drug-likeness (QED) is 0.467. The number of nitrogens with zero attached hydrogens (tertiary/aromatic N) is 1. The van der Waals surface area contributed by atoms with Gasteiger partial charge in [-0.1, -0.05) is 0 Å². The highest BCUT2D eigenvalue weighted by Gasteiger charge is 2.05. The van der Waals surface area contributed by atoms with Crippen LogP contribution in [0.25, 0.3) is 0 Å². The van der Waals surface area contributed by atoms with Crippen molar-refractivity contribution in [3.05, 3.63) is 20.8 Å². The zero-order valence-electron chi connectivity index (χ0n) is 6.86. The van der Waals surface area contributed by atoms with E-state index in [2.05, 4.69) is 26.8 Å². The van der Waals surface area contributed by atoms with Crippen LogP contribution < -0.4 is 11.2 Å². The van der Waals surface area contributed by atoms with Gasteiger partial charge in [0.1, 0.15) is 0 Å².